The number of carbonyl (C=O) groups excluding carboxylic acids is 1. The Kier molecular flexibility index (Phi) is 6.70. The summed E-state index contributed by atoms with van der Waals surface area (Å²) in [6.45, 7) is 1.69. The number of halogens is 1. The van der Waals surface area contributed by atoms with Gasteiger partial charge in [0.25, 0.3) is 5.22 Å². The molecule has 3 N–H and O–H groups in total. The summed E-state index contributed by atoms with van der Waals surface area (Å²) >= 11 is 7.20. The second kappa shape index (κ2) is 10.2. The van der Waals surface area contributed by atoms with Crippen LogP contribution >= 0.6 is 23.4 Å². The van der Waals surface area contributed by atoms with E-state index < -0.39 is 0 Å². The fraction of sp³-hybridized carbons (Fsp3) is 0.0800. The molecule has 2 aromatic heterocycles. The van der Waals surface area contributed by atoms with Crippen LogP contribution in [0.5, 0.6) is 0 Å². The van der Waals surface area contributed by atoms with E-state index in [1.165, 1.54) is 0 Å². The van der Waals surface area contributed by atoms with Crippen molar-refractivity contribution in [2.24, 2.45) is 5.16 Å². The Morgan fingerprint density at radius 1 is 1.08 bits per heavy atom. The Hall–Kier alpha value is -4.15. The van der Waals surface area contributed by atoms with Gasteiger partial charge in [-0.05, 0) is 55.0 Å². The number of hydrogen-bond acceptors (Lipinski definition) is 8. The molecule has 0 aliphatic heterocycles. The van der Waals surface area contributed by atoms with Gasteiger partial charge in [0.05, 0.1) is 22.5 Å². The monoisotopic (exact) mass is 518 g/mol. The van der Waals surface area contributed by atoms with E-state index >= 15 is 0 Å². The first-order valence-corrected chi connectivity index (χ1v) is 12.2. The Bertz CT molecular complexity index is 1560. The van der Waals surface area contributed by atoms with Gasteiger partial charge in [-0.2, -0.15) is 0 Å². The quantitative estimate of drug-likeness (QED) is 0.106. The molecule has 0 aliphatic carbocycles. The third-order valence-electron chi connectivity index (χ3n) is 5.32. The highest BCUT2D eigenvalue weighted by atomic mass is 35.5. The number of rotatable bonds is 7. The van der Waals surface area contributed by atoms with Crippen LogP contribution in [0.15, 0.2) is 81.5 Å². The van der Waals surface area contributed by atoms with Gasteiger partial charge in [-0.15, -0.1) is 10.2 Å². The Balaban J connectivity index is 1.19. The number of aromatic amines is 1. The number of hydrogen-bond donors (Lipinski definition) is 3. The van der Waals surface area contributed by atoms with Gasteiger partial charge in [-0.3, -0.25) is 4.79 Å². The van der Waals surface area contributed by atoms with Crippen LogP contribution in [0.2, 0.25) is 5.02 Å². The maximum atomic E-state index is 12.3. The average molecular weight is 519 g/mol. The zero-order valence-electron chi connectivity index (χ0n) is 18.9. The highest BCUT2D eigenvalue weighted by Gasteiger charge is 2.13. The van der Waals surface area contributed by atoms with Crippen molar-refractivity contribution in [3.8, 4) is 22.8 Å². The molecule has 5 aromatic rings. The second-order valence-electron chi connectivity index (χ2n) is 7.80. The van der Waals surface area contributed by atoms with Gasteiger partial charge in [0, 0.05) is 21.8 Å². The fourth-order valence-corrected chi connectivity index (χ4v) is 4.19. The number of thioether (sulfide) groups is 1. The first-order chi connectivity index (χ1) is 17.5. The minimum atomic E-state index is -0.212. The topological polar surface area (TPSA) is 129 Å². The number of imidazole rings is 1. The van der Waals surface area contributed by atoms with Crippen molar-refractivity contribution in [1.82, 2.24) is 20.2 Å². The predicted molar refractivity (Wildman–Crippen MR) is 140 cm³/mol. The highest BCUT2D eigenvalue weighted by Crippen LogP contribution is 2.27. The summed E-state index contributed by atoms with van der Waals surface area (Å²) in [6, 6.07) is 20.1. The summed E-state index contributed by atoms with van der Waals surface area (Å²) < 4.78 is 5.72. The van der Waals surface area contributed by atoms with Gasteiger partial charge in [0.1, 0.15) is 5.82 Å². The molecule has 36 heavy (non-hydrogen) atoms. The highest BCUT2D eigenvalue weighted by molar-refractivity contribution is 7.99. The first-order valence-electron chi connectivity index (χ1n) is 10.8. The van der Waals surface area contributed by atoms with E-state index in [4.69, 9.17) is 21.2 Å². The number of fused-ring (bicyclic) bond motifs is 1. The molecule has 0 aliphatic rings. The summed E-state index contributed by atoms with van der Waals surface area (Å²) in [4.78, 5) is 20.2. The number of H-pyrrole nitrogens is 1. The molecule has 0 bridgehead atoms. The van der Waals surface area contributed by atoms with E-state index in [1.54, 1.807) is 37.3 Å². The lowest BCUT2D eigenvalue weighted by atomic mass is 10.1. The van der Waals surface area contributed by atoms with Crippen molar-refractivity contribution >= 4 is 51.7 Å². The molecule has 0 radical (unpaired) electrons. The maximum Gasteiger partial charge on any atom is 0.277 e. The van der Waals surface area contributed by atoms with E-state index in [9.17, 15) is 4.79 Å². The lowest BCUT2D eigenvalue weighted by Gasteiger charge is -2.05. The first kappa shape index (κ1) is 23.6. The van der Waals surface area contributed by atoms with Crippen LogP contribution in [-0.2, 0) is 4.79 Å². The molecule has 0 unspecified atom stereocenters. The Morgan fingerprint density at radius 3 is 2.58 bits per heavy atom. The van der Waals surface area contributed by atoms with Gasteiger partial charge >= 0.3 is 0 Å². The third-order valence-corrected chi connectivity index (χ3v) is 6.37. The SMILES string of the molecule is C/C(=N/O)c1ccc(NC(=O)CSc2nnc(-c3ccc(-c4nc5ccc(Cl)cc5[nH]4)cc3)o2)cc1. The van der Waals surface area contributed by atoms with Gasteiger partial charge in [-0.25, -0.2) is 4.98 Å². The smallest absolute Gasteiger partial charge is 0.277 e. The van der Waals surface area contributed by atoms with Gasteiger partial charge < -0.3 is 19.9 Å². The molecule has 5 rings (SSSR count). The minimum absolute atomic E-state index is 0.107. The summed E-state index contributed by atoms with van der Waals surface area (Å²) in [5.74, 6) is 0.988. The summed E-state index contributed by atoms with van der Waals surface area (Å²) in [5.41, 5.74) is 5.25. The zero-order valence-corrected chi connectivity index (χ0v) is 20.5. The molecule has 0 fully saturated rings. The molecule has 180 valence electrons. The predicted octanol–water partition coefficient (Wildman–Crippen LogP) is 5.86. The van der Waals surface area contributed by atoms with Gasteiger partial charge in [0.2, 0.25) is 11.8 Å². The van der Waals surface area contributed by atoms with Crippen molar-refractivity contribution in [3.05, 3.63) is 77.3 Å². The molecular formula is C25H19ClN6O3S. The number of aromatic nitrogens is 4. The number of carbonyl (C=O) groups is 1. The van der Waals surface area contributed by atoms with E-state index in [2.05, 4.69) is 30.6 Å². The number of anilines is 1. The van der Waals surface area contributed by atoms with Crippen LogP contribution in [-0.4, -0.2) is 42.7 Å². The normalized spacial score (nSPS) is 11.7. The lowest BCUT2D eigenvalue weighted by Crippen LogP contribution is -2.14. The molecule has 0 atom stereocenters. The fourth-order valence-electron chi connectivity index (χ4n) is 3.45. The van der Waals surface area contributed by atoms with E-state index in [1.807, 2.05) is 36.4 Å². The number of amides is 1. The largest absolute Gasteiger partial charge is 0.411 e. The number of oxime groups is 1. The summed E-state index contributed by atoms with van der Waals surface area (Å²) in [7, 11) is 0. The van der Waals surface area contributed by atoms with Crippen LogP contribution < -0.4 is 5.32 Å². The van der Waals surface area contributed by atoms with E-state index in [-0.39, 0.29) is 11.7 Å². The van der Waals surface area contributed by atoms with Crippen LogP contribution in [0.3, 0.4) is 0 Å². The maximum absolute atomic E-state index is 12.3. The van der Waals surface area contributed by atoms with Crippen molar-refractivity contribution < 1.29 is 14.4 Å². The molecule has 1 amide bonds. The molecule has 9 nitrogen and oxygen atoms in total. The van der Waals surface area contributed by atoms with Crippen molar-refractivity contribution in [3.63, 3.8) is 0 Å². The van der Waals surface area contributed by atoms with Crippen molar-refractivity contribution in [2.45, 2.75) is 12.1 Å². The molecular weight excluding hydrogens is 500 g/mol. The summed E-state index contributed by atoms with van der Waals surface area (Å²) in [6.07, 6.45) is 0. The minimum Gasteiger partial charge on any atom is -0.411 e. The molecule has 2 heterocycles. The zero-order chi connectivity index (χ0) is 25.1. The average Bonchev–Trinajstić information content (AvgIpc) is 3.54. The van der Waals surface area contributed by atoms with Crippen LogP contribution in [0, 0.1) is 0 Å². The summed E-state index contributed by atoms with van der Waals surface area (Å²) in [5, 5.41) is 23.9. The van der Waals surface area contributed by atoms with Crippen LogP contribution in [0.1, 0.15) is 12.5 Å². The molecule has 0 spiro atoms. The van der Waals surface area contributed by atoms with E-state index in [0.29, 0.717) is 27.5 Å². The van der Waals surface area contributed by atoms with Crippen LogP contribution in [0.25, 0.3) is 33.9 Å². The molecule has 11 heteroatoms. The Morgan fingerprint density at radius 2 is 1.83 bits per heavy atom. The van der Waals surface area contributed by atoms with E-state index in [0.717, 1.165) is 45.3 Å². The van der Waals surface area contributed by atoms with Crippen LogP contribution in [0.4, 0.5) is 5.69 Å². The van der Waals surface area contributed by atoms with Crippen molar-refractivity contribution in [2.75, 3.05) is 11.1 Å². The van der Waals surface area contributed by atoms with Gasteiger partial charge in [0.15, 0.2) is 0 Å². The lowest BCUT2D eigenvalue weighted by molar-refractivity contribution is -0.113. The second-order valence-corrected chi connectivity index (χ2v) is 9.16. The van der Waals surface area contributed by atoms with Gasteiger partial charge in [-0.1, -0.05) is 52.8 Å². The Labute approximate surface area is 214 Å². The number of benzene rings is 3. The molecule has 0 saturated carbocycles. The third kappa shape index (κ3) is 5.24. The molecule has 0 saturated heterocycles. The number of nitrogens with one attached hydrogen (secondary N) is 2. The molecule has 3 aromatic carbocycles. The standard InChI is InChI=1S/C25H19ClN6O3S/c1-14(32-34)15-6-9-19(10-7-15)27-22(33)13-36-25-31-30-24(35-25)17-4-2-16(3-5-17)23-28-20-11-8-18(26)12-21(20)29-23/h2-12,34H,13H2,1H3,(H,27,33)(H,28,29)/b32-14-. The number of nitrogens with zero attached hydrogens (tertiary/aromatic N) is 4. The van der Waals surface area contributed by atoms with Crippen molar-refractivity contribution in [1.29, 1.82) is 0 Å².